The SMILES string of the molecule is COc1ccc(NC(=S)N(Cc2cc3c(C)cc(C)cc3[nH]c2=O)C[C@@H]2CCCO2)cc1. The highest BCUT2D eigenvalue weighted by atomic mass is 32.1. The van der Waals surface area contributed by atoms with Gasteiger partial charge in [0.15, 0.2) is 5.11 Å². The predicted octanol–water partition coefficient (Wildman–Crippen LogP) is 4.53. The highest BCUT2D eigenvalue weighted by Gasteiger charge is 2.22. The molecule has 1 saturated heterocycles. The number of benzene rings is 2. The van der Waals surface area contributed by atoms with E-state index in [0.29, 0.717) is 23.8 Å². The molecule has 6 nitrogen and oxygen atoms in total. The van der Waals surface area contributed by atoms with Crippen LogP contribution in [0.15, 0.2) is 47.3 Å². The Balaban J connectivity index is 1.60. The first kappa shape index (κ1) is 22.3. The average molecular weight is 452 g/mol. The number of fused-ring (bicyclic) bond motifs is 1. The summed E-state index contributed by atoms with van der Waals surface area (Å²) in [7, 11) is 1.64. The lowest BCUT2D eigenvalue weighted by molar-refractivity contribution is 0.0904. The minimum Gasteiger partial charge on any atom is -0.497 e. The number of aromatic amines is 1. The summed E-state index contributed by atoms with van der Waals surface area (Å²) in [5.41, 5.74) is 4.59. The Morgan fingerprint density at radius 3 is 2.72 bits per heavy atom. The van der Waals surface area contributed by atoms with Gasteiger partial charge in [-0.2, -0.15) is 0 Å². The van der Waals surface area contributed by atoms with E-state index >= 15 is 0 Å². The van der Waals surface area contributed by atoms with Crippen molar-refractivity contribution in [2.75, 3.05) is 25.6 Å². The minimum absolute atomic E-state index is 0.0907. The van der Waals surface area contributed by atoms with Gasteiger partial charge in [-0.25, -0.2) is 0 Å². The molecule has 4 rings (SSSR count). The molecule has 3 aromatic rings. The summed E-state index contributed by atoms with van der Waals surface area (Å²) in [6, 6.07) is 13.7. The van der Waals surface area contributed by atoms with Crippen molar-refractivity contribution >= 4 is 33.9 Å². The summed E-state index contributed by atoms with van der Waals surface area (Å²) < 4.78 is 11.1. The van der Waals surface area contributed by atoms with Gasteiger partial charge in [-0.05, 0) is 86.4 Å². The maximum Gasteiger partial charge on any atom is 0.253 e. The monoisotopic (exact) mass is 451 g/mol. The number of nitrogens with one attached hydrogen (secondary N) is 2. The zero-order valence-corrected chi connectivity index (χ0v) is 19.6. The highest BCUT2D eigenvalue weighted by Crippen LogP contribution is 2.21. The van der Waals surface area contributed by atoms with Gasteiger partial charge in [0.1, 0.15) is 5.75 Å². The molecule has 1 fully saturated rings. The second kappa shape index (κ2) is 9.71. The lowest BCUT2D eigenvalue weighted by Gasteiger charge is -2.28. The molecular formula is C25H29N3O3S. The van der Waals surface area contributed by atoms with Crippen LogP contribution >= 0.6 is 12.2 Å². The normalized spacial score (nSPS) is 15.7. The van der Waals surface area contributed by atoms with Gasteiger partial charge >= 0.3 is 0 Å². The van der Waals surface area contributed by atoms with E-state index in [0.717, 1.165) is 52.9 Å². The number of thiocarbonyl (C=S) groups is 1. The van der Waals surface area contributed by atoms with Crippen molar-refractivity contribution in [2.45, 2.75) is 39.3 Å². The van der Waals surface area contributed by atoms with E-state index in [9.17, 15) is 4.79 Å². The fourth-order valence-corrected chi connectivity index (χ4v) is 4.43. The van der Waals surface area contributed by atoms with E-state index in [1.807, 2.05) is 48.2 Å². The number of rotatable bonds is 6. The molecule has 2 N–H and O–H groups in total. The standard InChI is InChI=1S/C25H29N3O3S/c1-16-11-17(2)22-13-18(24(29)27-23(22)12-16)14-28(15-21-5-4-10-31-21)25(32)26-19-6-8-20(30-3)9-7-19/h6-9,11-13,21H,4-5,10,14-15H2,1-3H3,(H,26,32)(H,27,29)/t21-/m0/s1. The van der Waals surface area contributed by atoms with E-state index in [1.54, 1.807) is 7.11 Å². The molecule has 2 heterocycles. The largest absolute Gasteiger partial charge is 0.497 e. The molecular weight excluding hydrogens is 422 g/mol. The van der Waals surface area contributed by atoms with Gasteiger partial charge < -0.3 is 24.7 Å². The number of hydrogen-bond acceptors (Lipinski definition) is 4. The third-order valence-corrected chi connectivity index (χ3v) is 6.19. The molecule has 0 aliphatic carbocycles. The van der Waals surface area contributed by atoms with Gasteiger partial charge in [-0.1, -0.05) is 6.07 Å². The van der Waals surface area contributed by atoms with Crippen LogP contribution in [-0.4, -0.2) is 41.4 Å². The van der Waals surface area contributed by atoms with Crippen LogP contribution in [0.5, 0.6) is 5.75 Å². The van der Waals surface area contributed by atoms with Crippen molar-refractivity contribution in [1.82, 2.24) is 9.88 Å². The molecule has 0 saturated carbocycles. The van der Waals surface area contributed by atoms with Crippen LogP contribution in [0.2, 0.25) is 0 Å². The van der Waals surface area contributed by atoms with Crippen molar-refractivity contribution in [3.05, 3.63) is 69.5 Å². The molecule has 0 radical (unpaired) electrons. The molecule has 0 unspecified atom stereocenters. The predicted molar refractivity (Wildman–Crippen MR) is 133 cm³/mol. The summed E-state index contributed by atoms with van der Waals surface area (Å²) in [6.45, 7) is 5.90. The smallest absolute Gasteiger partial charge is 0.253 e. The first-order chi connectivity index (χ1) is 15.4. The Hall–Kier alpha value is -2.90. The number of H-pyrrole nitrogens is 1. The molecule has 1 aliphatic rings. The second-order valence-electron chi connectivity index (χ2n) is 8.34. The molecule has 0 amide bonds. The number of aromatic nitrogens is 1. The minimum atomic E-state index is -0.0907. The van der Waals surface area contributed by atoms with Crippen molar-refractivity contribution < 1.29 is 9.47 Å². The summed E-state index contributed by atoms with van der Waals surface area (Å²) in [6.07, 6.45) is 2.15. The van der Waals surface area contributed by atoms with E-state index in [-0.39, 0.29) is 11.7 Å². The van der Waals surface area contributed by atoms with E-state index in [4.69, 9.17) is 21.7 Å². The first-order valence-corrected chi connectivity index (χ1v) is 11.3. The van der Waals surface area contributed by atoms with Gasteiger partial charge in [0.2, 0.25) is 0 Å². The van der Waals surface area contributed by atoms with Crippen molar-refractivity contribution in [3.8, 4) is 5.75 Å². The van der Waals surface area contributed by atoms with Gasteiger partial charge in [0, 0.05) is 35.3 Å². The van der Waals surface area contributed by atoms with Crippen LogP contribution in [0, 0.1) is 13.8 Å². The first-order valence-electron chi connectivity index (χ1n) is 10.9. The lowest BCUT2D eigenvalue weighted by Crippen LogP contribution is -2.40. The molecule has 32 heavy (non-hydrogen) atoms. The molecule has 1 aromatic heterocycles. The van der Waals surface area contributed by atoms with Crippen LogP contribution in [0.4, 0.5) is 5.69 Å². The van der Waals surface area contributed by atoms with Crippen LogP contribution < -0.4 is 15.6 Å². The summed E-state index contributed by atoms with van der Waals surface area (Å²) in [4.78, 5) is 18.0. The van der Waals surface area contributed by atoms with Crippen molar-refractivity contribution in [3.63, 3.8) is 0 Å². The molecule has 7 heteroatoms. The van der Waals surface area contributed by atoms with E-state index < -0.39 is 0 Å². The Morgan fingerprint density at radius 1 is 1.25 bits per heavy atom. The third-order valence-electron chi connectivity index (χ3n) is 5.83. The highest BCUT2D eigenvalue weighted by molar-refractivity contribution is 7.80. The number of hydrogen-bond donors (Lipinski definition) is 2. The zero-order chi connectivity index (χ0) is 22.7. The lowest BCUT2D eigenvalue weighted by atomic mass is 10.0. The van der Waals surface area contributed by atoms with Gasteiger partial charge in [0.25, 0.3) is 5.56 Å². The maximum atomic E-state index is 12.9. The molecule has 1 aliphatic heterocycles. The Morgan fingerprint density at radius 2 is 2.03 bits per heavy atom. The van der Waals surface area contributed by atoms with E-state index in [2.05, 4.69) is 23.3 Å². The second-order valence-corrected chi connectivity index (χ2v) is 8.73. The van der Waals surface area contributed by atoms with Crippen LogP contribution in [-0.2, 0) is 11.3 Å². The average Bonchev–Trinajstić information content (AvgIpc) is 3.27. The maximum absolute atomic E-state index is 12.9. The topological polar surface area (TPSA) is 66.6 Å². The zero-order valence-electron chi connectivity index (χ0n) is 18.7. The third kappa shape index (κ3) is 5.11. The molecule has 2 aromatic carbocycles. The van der Waals surface area contributed by atoms with Crippen LogP contribution in [0.1, 0.15) is 29.5 Å². The Bertz CT molecular complexity index is 1170. The van der Waals surface area contributed by atoms with Crippen molar-refractivity contribution in [1.29, 1.82) is 0 Å². The fraction of sp³-hybridized carbons (Fsp3) is 0.360. The molecule has 0 spiro atoms. The summed E-state index contributed by atoms with van der Waals surface area (Å²) in [5.74, 6) is 0.783. The number of pyridine rings is 1. The molecule has 1 atom stereocenters. The van der Waals surface area contributed by atoms with E-state index in [1.165, 1.54) is 0 Å². The van der Waals surface area contributed by atoms with Gasteiger partial charge in [-0.15, -0.1) is 0 Å². The van der Waals surface area contributed by atoms with Crippen LogP contribution in [0.3, 0.4) is 0 Å². The summed E-state index contributed by atoms with van der Waals surface area (Å²) in [5, 5.41) is 4.91. The fourth-order valence-electron chi connectivity index (χ4n) is 4.17. The quantitative estimate of drug-likeness (QED) is 0.537. The Kier molecular flexibility index (Phi) is 6.77. The number of nitrogens with zero attached hydrogens (tertiary/aromatic N) is 1. The van der Waals surface area contributed by atoms with Gasteiger partial charge in [0.05, 0.1) is 19.8 Å². The van der Waals surface area contributed by atoms with Crippen LogP contribution in [0.25, 0.3) is 10.9 Å². The Labute approximate surface area is 193 Å². The van der Waals surface area contributed by atoms with Crippen molar-refractivity contribution in [2.24, 2.45) is 0 Å². The number of aryl methyl sites for hydroxylation is 2. The summed E-state index contributed by atoms with van der Waals surface area (Å²) >= 11 is 5.75. The molecule has 168 valence electrons. The molecule has 0 bridgehead atoms. The number of ether oxygens (including phenoxy) is 2. The number of methoxy groups -OCH3 is 1. The number of anilines is 1. The van der Waals surface area contributed by atoms with Gasteiger partial charge in [-0.3, -0.25) is 4.79 Å².